The molecule has 0 saturated carbocycles. The van der Waals surface area contributed by atoms with E-state index in [2.05, 4.69) is 0 Å². The van der Waals surface area contributed by atoms with Crippen LogP contribution in [0.3, 0.4) is 0 Å². The van der Waals surface area contributed by atoms with Crippen molar-refractivity contribution in [1.82, 2.24) is 0 Å². The van der Waals surface area contributed by atoms with Crippen LogP contribution >= 0.6 is 0 Å². The number of hydrogen-bond acceptors (Lipinski definition) is 5. The molecule has 2 aromatic rings. The number of fused-ring (bicyclic) bond motifs is 1. The topological polar surface area (TPSA) is 89.8 Å². The number of anilines is 1. The second kappa shape index (κ2) is 7.64. The van der Waals surface area contributed by atoms with Gasteiger partial charge in [-0.25, -0.2) is 4.90 Å². The summed E-state index contributed by atoms with van der Waals surface area (Å²) >= 11 is 0. The molecule has 0 fully saturated rings. The first-order valence-electron chi connectivity index (χ1n) is 8.90. The van der Waals surface area contributed by atoms with Gasteiger partial charge < -0.3 is 4.74 Å². The number of non-ortho nitro benzene ring substituents is 1. The third-order valence-corrected chi connectivity index (χ3v) is 4.45. The summed E-state index contributed by atoms with van der Waals surface area (Å²) in [5, 5.41) is 10.8. The minimum atomic E-state index is -0.805. The Morgan fingerprint density at radius 1 is 1.21 bits per heavy atom. The van der Waals surface area contributed by atoms with E-state index in [0.717, 1.165) is 10.5 Å². The van der Waals surface area contributed by atoms with Crippen LogP contribution in [-0.4, -0.2) is 22.8 Å². The van der Waals surface area contributed by atoms with Crippen LogP contribution in [0.15, 0.2) is 48.5 Å². The number of nitro groups is 1. The Labute approximate surface area is 162 Å². The summed E-state index contributed by atoms with van der Waals surface area (Å²) in [6.07, 6.45) is 2.89. The number of rotatable bonds is 4. The lowest BCUT2D eigenvalue weighted by molar-refractivity contribution is -0.384. The Bertz CT molecular complexity index is 963. The monoisotopic (exact) mass is 380 g/mol. The number of carbonyl (C=O) groups excluding carboxylic acids is 2. The van der Waals surface area contributed by atoms with Gasteiger partial charge in [0.15, 0.2) is 11.9 Å². The van der Waals surface area contributed by atoms with Crippen molar-refractivity contribution in [3.63, 3.8) is 0 Å². The summed E-state index contributed by atoms with van der Waals surface area (Å²) in [7, 11) is 0. The second-order valence-corrected chi connectivity index (χ2v) is 6.76. The zero-order valence-electron chi connectivity index (χ0n) is 15.8. The van der Waals surface area contributed by atoms with E-state index in [1.165, 1.54) is 24.3 Å². The molecule has 28 heavy (non-hydrogen) atoms. The van der Waals surface area contributed by atoms with Crippen molar-refractivity contribution in [2.24, 2.45) is 5.92 Å². The Kier molecular flexibility index (Phi) is 5.26. The molecule has 1 unspecified atom stereocenters. The van der Waals surface area contributed by atoms with E-state index in [1.54, 1.807) is 12.1 Å². The van der Waals surface area contributed by atoms with Gasteiger partial charge in [0.1, 0.15) is 0 Å². The van der Waals surface area contributed by atoms with E-state index in [4.69, 9.17) is 4.74 Å². The number of hydrogen-bond donors (Lipinski definition) is 0. The van der Waals surface area contributed by atoms with E-state index in [0.29, 0.717) is 11.4 Å². The number of para-hydroxylation sites is 1. The molecule has 0 radical (unpaired) electrons. The van der Waals surface area contributed by atoms with Crippen molar-refractivity contribution >= 4 is 29.3 Å². The van der Waals surface area contributed by atoms with Gasteiger partial charge in [0.25, 0.3) is 17.5 Å². The number of benzene rings is 2. The average molecular weight is 380 g/mol. The maximum Gasteiger partial charge on any atom is 0.275 e. The Balaban J connectivity index is 2.10. The van der Waals surface area contributed by atoms with Crippen LogP contribution in [0.5, 0.6) is 5.75 Å². The van der Waals surface area contributed by atoms with Crippen molar-refractivity contribution < 1.29 is 19.2 Å². The van der Waals surface area contributed by atoms with Crippen LogP contribution in [0.1, 0.15) is 36.7 Å². The van der Waals surface area contributed by atoms with Gasteiger partial charge in [-0.05, 0) is 31.0 Å². The molecule has 144 valence electrons. The number of carbonyl (C=O) groups is 2. The van der Waals surface area contributed by atoms with Crippen LogP contribution < -0.4 is 9.64 Å². The van der Waals surface area contributed by atoms with E-state index in [9.17, 15) is 19.7 Å². The van der Waals surface area contributed by atoms with Crippen molar-refractivity contribution in [2.45, 2.75) is 26.9 Å². The summed E-state index contributed by atoms with van der Waals surface area (Å²) in [4.78, 5) is 37.6. The Morgan fingerprint density at radius 2 is 1.89 bits per heavy atom. The van der Waals surface area contributed by atoms with Crippen molar-refractivity contribution in [2.75, 3.05) is 4.90 Å². The van der Waals surface area contributed by atoms with Crippen molar-refractivity contribution in [3.8, 4) is 5.75 Å². The molecule has 2 amide bonds. The van der Waals surface area contributed by atoms with Crippen molar-refractivity contribution in [1.29, 1.82) is 0 Å². The number of amides is 2. The molecule has 0 aromatic heterocycles. The third kappa shape index (κ3) is 3.38. The summed E-state index contributed by atoms with van der Waals surface area (Å²) < 4.78 is 5.97. The van der Waals surface area contributed by atoms with Crippen LogP contribution in [0, 0.1) is 16.0 Å². The molecule has 0 aliphatic carbocycles. The molecule has 1 heterocycles. The predicted molar refractivity (Wildman–Crippen MR) is 105 cm³/mol. The Hall–Kier alpha value is -3.48. The van der Waals surface area contributed by atoms with Gasteiger partial charge in [0, 0.05) is 23.3 Å². The smallest absolute Gasteiger partial charge is 0.275 e. The highest BCUT2D eigenvalue weighted by Crippen LogP contribution is 2.40. The standard InChI is InChI=1S/C21H20N2O5/c1-4-6-14-7-5-8-17-19(14)28-18(13(2)3)21(25)22(17)20(24)15-9-11-16(12-10-15)23(26)27/h4-13,18H,1-3H3. The molecule has 1 atom stereocenters. The molecule has 7 heteroatoms. The van der Waals surface area contributed by atoms with E-state index in [-0.39, 0.29) is 17.2 Å². The molecule has 3 rings (SSSR count). The minimum absolute atomic E-state index is 0.124. The van der Waals surface area contributed by atoms with Gasteiger partial charge in [-0.15, -0.1) is 0 Å². The summed E-state index contributed by atoms with van der Waals surface area (Å²) in [5.74, 6) is -0.683. The lowest BCUT2D eigenvalue weighted by atomic mass is 10.0. The zero-order chi connectivity index (χ0) is 20.4. The predicted octanol–water partition coefficient (Wildman–Crippen LogP) is 4.22. The van der Waals surface area contributed by atoms with Crippen LogP contribution in [0.2, 0.25) is 0 Å². The van der Waals surface area contributed by atoms with Gasteiger partial charge in [0.05, 0.1) is 10.6 Å². The molecular weight excluding hydrogens is 360 g/mol. The highest BCUT2D eigenvalue weighted by atomic mass is 16.6. The fourth-order valence-electron chi connectivity index (χ4n) is 3.07. The van der Waals surface area contributed by atoms with Gasteiger partial charge in [0.2, 0.25) is 0 Å². The lowest BCUT2D eigenvalue weighted by Crippen LogP contribution is -2.51. The van der Waals surface area contributed by atoms with Crippen LogP contribution in [-0.2, 0) is 4.79 Å². The second-order valence-electron chi connectivity index (χ2n) is 6.76. The Morgan fingerprint density at radius 3 is 2.46 bits per heavy atom. The molecule has 1 aliphatic heterocycles. The number of nitro benzene ring substituents is 1. The van der Waals surface area contributed by atoms with Crippen LogP contribution in [0.4, 0.5) is 11.4 Å². The molecule has 0 spiro atoms. The quantitative estimate of drug-likeness (QED) is 0.450. The fourth-order valence-corrected chi connectivity index (χ4v) is 3.07. The summed E-state index contributed by atoms with van der Waals surface area (Å²) in [6.45, 7) is 5.56. The van der Waals surface area contributed by atoms with Crippen LogP contribution in [0.25, 0.3) is 6.08 Å². The highest BCUT2D eigenvalue weighted by molar-refractivity contribution is 6.24. The zero-order valence-corrected chi connectivity index (χ0v) is 15.8. The van der Waals surface area contributed by atoms with E-state index < -0.39 is 22.8 Å². The fraction of sp³-hybridized carbons (Fsp3) is 0.238. The number of ether oxygens (including phenoxy) is 1. The number of allylic oxidation sites excluding steroid dienone is 1. The lowest BCUT2D eigenvalue weighted by Gasteiger charge is -2.35. The van der Waals surface area contributed by atoms with E-state index in [1.807, 2.05) is 39.0 Å². The first kappa shape index (κ1) is 19.3. The first-order chi connectivity index (χ1) is 13.3. The average Bonchev–Trinajstić information content (AvgIpc) is 2.67. The summed E-state index contributed by atoms with van der Waals surface area (Å²) in [6, 6.07) is 10.4. The summed E-state index contributed by atoms with van der Waals surface area (Å²) in [5.41, 5.74) is 1.19. The van der Waals surface area contributed by atoms with Crippen molar-refractivity contribution in [3.05, 3.63) is 69.8 Å². The maximum absolute atomic E-state index is 13.2. The number of imide groups is 1. The largest absolute Gasteiger partial charge is 0.477 e. The van der Waals surface area contributed by atoms with Gasteiger partial charge in [-0.3, -0.25) is 19.7 Å². The molecule has 1 aliphatic rings. The minimum Gasteiger partial charge on any atom is -0.477 e. The molecule has 2 aromatic carbocycles. The highest BCUT2D eigenvalue weighted by Gasteiger charge is 2.40. The normalized spacial score (nSPS) is 16.2. The van der Waals surface area contributed by atoms with Gasteiger partial charge in [-0.1, -0.05) is 38.1 Å². The number of nitrogens with zero attached hydrogens (tertiary/aromatic N) is 2. The SMILES string of the molecule is CC=Cc1cccc2c1OC(C(C)C)C(=O)N2C(=O)c1ccc([N+](=O)[O-])cc1. The third-order valence-electron chi connectivity index (χ3n) is 4.45. The molecule has 0 saturated heterocycles. The van der Waals surface area contributed by atoms with E-state index >= 15 is 0 Å². The molecule has 0 bridgehead atoms. The van der Waals surface area contributed by atoms with Gasteiger partial charge in [-0.2, -0.15) is 0 Å². The first-order valence-corrected chi connectivity index (χ1v) is 8.90. The molecular formula is C21H20N2O5. The van der Waals surface area contributed by atoms with Gasteiger partial charge >= 0.3 is 0 Å². The molecule has 7 nitrogen and oxygen atoms in total. The molecule has 0 N–H and O–H groups in total. The maximum atomic E-state index is 13.2.